The molecule has 1 heterocycles. The average Bonchev–Trinajstić information content (AvgIpc) is 2.81. The quantitative estimate of drug-likeness (QED) is 0.205. The van der Waals surface area contributed by atoms with Crippen molar-refractivity contribution < 1.29 is 14.3 Å². The lowest BCUT2D eigenvalue weighted by Crippen LogP contribution is -2.10. The Hall–Kier alpha value is -2.73. The molecule has 0 saturated heterocycles. The fraction of sp³-hybridized carbons (Fsp3) is 0.120. The van der Waals surface area contributed by atoms with Gasteiger partial charge in [0.05, 0.1) is 12.6 Å². The number of rotatable bonds is 7. The van der Waals surface area contributed by atoms with Crippen molar-refractivity contribution in [2.24, 2.45) is 0 Å². The van der Waals surface area contributed by atoms with E-state index in [1.54, 1.807) is 6.07 Å². The highest BCUT2D eigenvalue weighted by Crippen LogP contribution is 2.37. The molecule has 7 heteroatoms. The number of ether oxygens (including phenoxy) is 2. The molecule has 4 aromatic rings. The van der Waals surface area contributed by atoms with E-state index in [1.807, 2.05) is 66.7 Å². The van der Waals surface area contributed by atoms with Crippen molar-refractivity contribution in [3.8, 4) is 5.75 Å². The topological polar surface area (TPSA) is 48.4 Å². The van der Waals surface area contributed by atoms with Gasteiger partial charge in [-0.2, -0.15) is 0 Å². The third kappa shape index (κ3) is 5.18. The van der Waals surface area contributed by atoms with Gasteiger partial charge in [0, 0.05) is 21.2 Å². The van der Waals surface area contributed by atoms with Gasteiger partial charge in [0.25, 0.3) is 0 Å². The number of esters is 1. The molecule has 32 heavy (non-hydrogen) atoms. The van der Waals surface area contributed by atoms with Crippen molar-refractivity contribution in [2.75, 3.05) is 7.11 Å². The van der Waals surface area contributed by atoms with E-state index in [9.17, 15) is 4.79 Å². The van der Waals surface area contributed by atoms with E-state index in [4.69, 9.17) is 37.7 Å². The molecule has 0 aliphatic carbocycles. The fourth-order valence-corrected chi connectivity index (χ4v) is 4.53. The molecule has 0 fully saturated rings. The Bertz CT molecular complexity index is 1260. The Morgan fingerprint density at radius 3 is 2.47 bits per heavy atom. The van der Waals surface area contributed by atoms with Crippen LogP contribution in [0.1, 0.15) is 21.5 Å². The summed E-state index contributed by atoms with van der Waals surface area (Å²) in [5.41, 5.74) is 3.00. The highest BCUT2D eigenvalue weighted by molar-refractivity contribution is 7.98. The summed E-state index contributed by atoms with van der Waals surface area (Å²) in [6, 6.07) is 22.6. The number of benzene rings is 3. The largest absolute Gasteiger partial charge is 0.487 e. The number of fused-ring (bicyclic) bond motifs is 1. The fourth-order valence-electron chi connectivity index (χ4n) is 3.21. The van der Waals surface area contributed by atoms with E-state index in [1.165, 1.54) is 18.9 Å². The average molecular weight is 484 g/mol. The number of aromatic nitrogens is 1. The molecule has 1 aromatic heterocycles. The molecule has 4 rings (SSSR count). The molecule has 0 aliphatic heterocycles. The lowest BCUT2D eigenvalue weighted by atomic mass is 10.1. The Labute approximate surface area is 200 Å². The molecule has 0 bridgehead atoms. The summed E-state index contributed by atoms with van der Waals surface area (Å²) in [4.78, 5) is 17.6. The monoisotopic (exact) mass is 483 g/mol. The third-order valence-corrected chi connectivity index (χ3v) is 6.30. The first-order valence-corrected chi connectivity index (χ1v) is 11.5. The second kappa shape index (κ2) is 10.3. The van der Waals surface area contributed by atoms with E-state index >= 15 is 0 Å². The second-order valence-corrected chi connectivity index (χ2v) is 8.80. The number of hydrogen-bond donors (Lipinski definition) is 0. The van der Waals surface area contributed by atoms with Crippen molar-refractivity contribution in [3.05, 3.63) is 99.5 Å². The summed E-state index contributed by atoms with van der Waals surface area (Å²) in [6.45, 7) is 0.250. The van der Waals surface area contributed by atoms with E-state index in [0.29, 0.717) is 32.1 Å². The van der Waals surface area contributed by atoms with Gasteiger partial charge in [-0.25, -0.2) is 9.78 Å². The van der Waals surface area contributed by atoms with Crippen molar-refractivity contribution in [1.82, 2.24) is 4.98 Å². The summed E-state index contributed by atoms with van der Waals surface area (Å²) >= 11 is 13.5. The summed E-state index contributed by atoms with van der Waals surface area (Å²) in [5, 5.41) is 2.59. The van der Waals surface area contributed by atoms with Crippen LogP contribution in [0.2, 0.25) is 10.0 Å². The molecule has 0 N–H and O–H groups in total. The number of para-hydroxylation sites is 1. The van der Waals surface area contributed by atoms with E-state index < -0.39 is 5.97 Å². The highest BCUT2D eigenvalue weighted by atomic mass is 35.5. The third-order valence-electron chi connectivity index (χ3n) is 4.76. The molecule has 0 unspecified atom stereocenters. The highest BCUT2D eigenvalue weighted by Gasteiger charge is 2.24. The van der Waals surface area contributed by atoms with Crippen molar-refractivity contribution in [3.63, 3.8) is 0 Å². The molecular formula is C25H19Cl2NO3S. The summed E-state index contributed by atoms with van der Waals surface area (Å²) in [6.07, 6.45) is 0. The first-order valence-electron chi connectivity index (χ1n) is 9.80. The predicted molar refractivity (Wildman–Crippen MR) is 130 cm³/mol. The number of carbonyl (C=O) groups excluding carboxylic acids is 1. The Morgan fingerprint density at radius 2 is 1.72 bits per heavy atom. The van der Waals surface area contributed by atoms with E-state index in [0.717, 1.165) is 22.0 Å². The van der Waals surface area contributed by atoms with Crippen LogP contribution in [-0.2, 0) is 17.1 Å². The molecule has 0 radical (unpaired) electrons. The van der Waals surface area contributed by atoms with Crippen LogP contribution in [0.5, 0.6) is 5.75 Å². The number of methoxy groups -OCH3 is 1. The molecule has 0 spiro atoms. The molecule has 3 aromatic carbocycles. The van der Waals surface area contributed by atoms with Crippen LogP contribution in [0.25, 0.3) is 10.9 Å². The minimum absolute atomic E-state index is 0.250. The SMILES string of the molecule is COC(=O)c1c(SCc2ccc(Cl)cc2)nc2ccccc2c1OCc1cccc(Cl)c1. The number of nitrogens with zero attached hydrogens (tertiary/aromatic N) is 1. The van der Waals surface area contributed by atoms with Crippen LogP contribution in [0, 0.1) is 0 Å². The zero-order valence-electron chi connectivity index (χ0n) is 17.2. The van der Waals surface area contributed by atoms with Crippen LogP contribution in [0.3, 0.4) is 0 Å². The van der Waals surface area contributed by atoms with Crippen LogP contribution in [0.15, 0.2) is 77.8 Å². The second-order valence-electron chi connectivity index (χ2n) is 6.96. The lowest BCUT2D eigenvalue weighted by Gasteiger charge is -2.16. The number of hydrogen-bond acceptors (Lipinski definition) is 5. The molecule has 0 atom stereocenters. The number of pyridine rings is 1. The molecule has 162 valence electrons. The van der Waals surface area contributed by atoms with E-state index in [2.05, 4.69) is 0 Å². The zero-order valence-corrected chi connectivity index (χ0v) is 19.5. The molecule has 4 nitrogen and oxygen atoms in total. The smallest absolute Gasteiger partial charge is 0.344 e. The van der Waals surface area contributed by atoms with Crippen LogP contribution in [-0.4, -0.2) is 18.1 Å². The first-order chi connectivity index (χ1) is 15.5. The van der Waals surface area contributed by atoms with Crippen molar-refractivity contribution in [1.29, 1.82) is 0 Å². The lowest BCUT2D eigenvalue weighted by molar-refractivity contribution is 0.0590. The summed E-state index contributed by atoms with van der Waals surface area (Å²) in [5.74, 6) is 0.559. The summed E-state index contributed by atoms with van der Waals surface area (Å²) < 4.78 is 11.3. The number of carbonyl (C=O) groups is 1. The Balaban J connectivity index is 1.74. The van der Waals surface area contributed by atoms with Gasteiger partial charge in [0.15, 0.2) is 0 Å². The molecule has 0 aliphatic rings. The van der Waals surface area contributed by atoms with Crippen molar-refractivity contribution in [2.45, 2.75) is 17.4 Å². The zero-order chi connectivity index (χ0) is 22.5. The molecule has 0 amide bonds. The van der Waals surface area contributed by atoms with Gasteiger partial charge in [-0.05, 0) is 47.5 Å². The van der Waals surface area contributed by atoms with Gasteiger partial charge in [-0.1, -0.05) is 59.6 Å². The van der Waals surface area contributed by atoms with Crippen LogP contribution >= 0.6 is 35.0 Å². The standard InChI is InChI=1S/C25H19Cl2NO3S/c1-30-25(29)22-23(31-14-17-5-4-6-19(27)13-17)20-7-2-3-8-21(20)28-24(22)32-15-16-9-11-18(26)12-10-16/h2-13H,14-15H2,1H3. The Morgan fingerprint density at radius 1 is 0.938 bits per heavy atom. The maximum atomic E-state index is 12.8. The molecule has 0 saturated carbocycles. The maximum absolute atomic E-state index is 12.8. The number of halogens is 2. The van der Waals surface area contributed by atoms with Gasteiger partial charge in [0.1, 0.15) is 22.9 Å². The van der Waals surface area contributed by atoms with E-state index in [-0.39, 0.29) is 6.61 Å². The van der Waals surface area contributed by atoms with Crippen LogP contribution in [0.4, 0.5) is 0 Å². The normalized spacial score (nSPS) is 10.8. The first kappa shape index (κ1) is 22.5. The predicted octanol–water partition coefficient (Wildman–Crippen LogP) is 7.20. The minimum Gasteiger partial charge on any atom is -0.487 e. The van der Waals surface area contributed by atoms with Gasteiger partial charge < -0.3 is 9.47 Å². The maximum Gasteiger partial charge on any atom is 0.344 e. The number of thioether (sulfide) groups is 1. The minimum atomic E-state index is -0.497. The van der Waals surface area contributed by atoms with Crippen molar-refractivity contribution >= 4 is 51.8 Å². The Kier molecular flexibility index (Phi) is 7.20. The van der Waals surface area contributed by atoms with Gasteiger partial charge in [-0.3, -0.25) is 0 Å². The van der Waals surface area contributed by atoms with Gasteiger partial charge in [-0.15, -0.1) is 11.8 Å². The van der Waals surface area contributed by atoms with Gasteiger partial charge >= 0.3 is 5.97 Å². The van der Waals surface area contributed by atoms with Crippen LogP contribution < -0.4 is 4.74 Å². The summed E-state index contributed by atoms with van der Waals surface area (Å²) in [7, 11) is 1.35. The molecular weight excluding hydrogens is 465 g/mol. The van der Waals surface area contributed by atoms with Gasteiger partial charge in [0.2, 0.25) is 0 Å².